The van der Waals surface area contributed by atoms with Gasteiger partial charge in [0.25, 0.3) is 0 Å². The molecule has 8 aromatic carbocycles. The maximum atomic E-state index is 2.36. The van der Waals surface area contributed by atoms with Crippen LogP contribution in [0.25, 0.3) is 55.6 Å². The van der Waals surface area contributed by atoms with E-state index in [2.05, 4.69) is 194 Å². The van der Waals surface area contributed by atoms with E-state index in [0.717, 1.165) is 77.0 Å². The van der Waals surface area contributed by atoms with Gasteiger partial charge in [-0.3, -0.25) is 0 Å². The zero-order valence-corrected chi connectivity index (χ0v) is 65.3. The molecule has 34 aliphatic carbocycles. The molecule has 10 heteroatoms. The third-order valence-corrected chi connectivity index (χ3v) is 15.6. The molecule has 0 unspecified atom stereocenters. The molecule has 0 nitrogen and oxygen atoms in total. The van der Waals surface area contributed by atoms with Crippen molar-refractivity contribution in [3.63, 3.8) is 0 Å². The van der Waals surface area contributed by atoms with Gasteiger partial charge in [-0.25, -0.2) is 0 Å². The van der Waals surface area contributed by atoms with Crippen LogP contribution in [-0.2, 0) is 192 Å². The van der Waals surface area contributed by atoms with E-state index in [1.54, 1.807) is 35.5 Å². The Balaban J connectivity index is 0.00000198. The Kier molecular flexibility index (Phi) is 31.1. The fraction of sp³-hybridized carbons (Fsp3) is 0.182. The molecule has 0 spiro atoms. The molecule has 399 valence electrons. The summed E-state index contributed by atoms with van der Waals surface area (Å²) in [6, 6.07) is 74.3. The molecule has 0 N–H and O–H groups in total. The first-order chi connectivity index (χ1) is 32.6. The Hall–Kier alpha value is -0.943. The molecule has 34 aliphatic rings. The molecule has 22 bridgehead atoms. The first-order valence-electron chi connectivity index (χ1n) is 24.6. The summed E-state index contributed by atoms with van der Waals surface area (Å²) in [7, 11) is 0. The summed E-state index contributed by atoms with van der Waals surface area (Å²) in [5.74, 6) is 9.53. The second-order valence-corrected chi connectivity index (χ2v) is 19.2. The third-order valence-electron chi connectivity index (χ3n) is 15.6. The van der Waals surface area contributed by atoms with Crippen molar-refractivity contribution in [2.45, 2.75) is 77.0 Å². The van der Waals surface area contributed by atoms with E-state index in [-0.39, 0.29) is 192 Å². The van der Waals surface area contributed by atoms with E-state index >= 15 is 0 Å². The van der Waals surface area contributed by atoms with E-state index in [1.165, 1.54) is 89.0 Å². The summed E-state index contributed by atoms with van der Waals surface area (Å²) >= 11 is 0. The molecule has 0 atom stereocenters. The van der Waals surface area contributed by atoms with Gasteiger partial charge in [-0.2, -0.15) is 142 Å². The van der Waals surface area contributed by atoms with Gasteiger partial charge in [0.15, 0.2) is 0 Å². The Morgan fingerprint density at radius 3 is 0.329 bits per heavy atom. The minimum absolute atomic E-state index is 0. The van der Waals surface area contributed by atoms with E-state index in [0.29, 0.717) is 0 Å². The van der Waals surface area contributed by atoms with Gasteiger partial charge in [0.1, 0.15) is 0 Å². The normalized spacial score (nSPS) is 13.8. The van der Waals surface area contributed by atoms with Gasteiger partial charge in [-0.15, -0.1) is 72.8 Å². The summed E-state index contributed by atoms with van der Waals surface area (Å²) < 4.78 is 0. The van der Waals surface area contributed by atoms with Crippen molar-refractivity contribution >= 4 is 13.5 Å². The standard InChI is InChI=1S/C66H56.9Os.H2S/c1-2-46-4-3-45(1)47-5-7-49(8-6-47)51-13-15-53(16-14-51)55-21-23-57(24-22-55)59-29-31-61(32-30-59)63-37-39-65(40-38-63)66-43-41-64(42-44-66)62-35-33-60(34-36-62)58-27-25-56(26-28-58)54-19-17-52(18-20-54)50-11-9-48(46)10-12-50;;;;;;;;;;/h1-12,21-40H,13-20,41-44H2;;;;;;;;;;1H2/q-6;;;7*+1;/p-1. The molecular formula is C66H57Os9S. The van der Waals surface area contributed by atoms with Gasteiger partial charge in [0.05, 0.1) is 0 Å². The Bertz CT molecular complexity index is 2680. The van der Waals surface area contributed by atoms with Crippen molar-refractivity contribution in [2.75, 3.05) is 0 Å². The van der Waals surface area contributed by atoms with Crippen LogP contribution in [0.1, 0.15) is 110 Å². The number of hydrogen-bond acceptors (Lipinski definition) is 1. The second kappa shape index (κ2) is 33.2. The Morgan fingerprint density at radius 2 is 0.237 bits per heavy atom. The number of thiol groups is 1. The summed E-state index contributed by atoms with van der Waals surface area (Å²) in [6.45, 7) is 0. The molecule has 42 rings (SSSR count). The minimum atomic E-state index is 0. The molecule has 3 saturated carbocycles. The quantitative estimate of drug-likeness (QED) is 0.0828. The molecule has 7 radical (unpaired) electrons. The van der Waals surface area contributed by atoms with Gasteiger partial charge in [0, 0.05) is 39.6 Å². The van der Waals surface area contributed by atoms with Crippen LogP contribution < -0.4 is 0 Å². The summed E-state index contributed by atoms with van der Waals surface area (Å²) in [4.78, 5) is 0. The molecule has 0 amide bonds. The summed E-state index contributed by atoms with van der Waals surface area (Å²) in [6.07, 6.45) is 13.6. The average molecular weight is 2590 g/mol. The van der Waals surface area contributed by atoms with Gasteiger partial charge < -0.3 is 13.5 Å². The predicted octanol–water partition coefficient (Wildman–Crippen LogP) is 17.4. The van der Waals surface area contributed by atoms with Crippen molar-refractivity contribution in [1.29, 1.82) is 0 Å². The first kappa shape index (κ1) is 71.2. The predicted molar refractivity (Wildman–Crippen MR) is 285 cm³/mol. The van der Waals surface area contributed by atoms with Crippen LogP contribution in [0.5, 0.6) is 0 Å². The maximum absolute atomic E-state index is 2.36. The average Bonchev–Trinajstić information content (AvgIpc) is 3.41. The van der Waals surface area contributed by atoms with Crippen LogP contribution in [0.3, 0.4) is 0 Å². The van der Waals surface area contributed by atoms with Crippen LogP contribution in [0, 0.1) is 35.5 Å². The molecular weight excluding hydrogens is 2540 g/mol. The van der Waals surface area contributed by atoms with Gasteiger partial charge >= 0.3 is 139 Å². The molecule has 8 aromatic rings. The molecule has 0 saturated heterocycles. The smallest absolute Gasteiger partial charge is 0.813 e. The van der Waals surface area contributed by atoms with Crippen molar-refractivity contribution in [3.05, 3.63) is 263 Å². The van der Waals surface area contributed by atoms with Crippen molar-refractivity contribution in [2.24, 2.45) is 0 Å². The van der Waals surface area contributed by atoms with E-state index in [1.807, 2.05) is 0 Å². The Labute approximate surface area is 579 Å². The zero-order chi connectivity index (χ0) is 43.8. The van der Waals surface area contributed by atoms with Crippen molar-refractivity contribution in [1.82, 2.24) is 0 Å². The zero-order valence-electron chi connectivity index (χ0n) is 41.6. The monoisotopic (exact) mass is 2610 g/mol. The summed E-state index contributed by atoms with van der Waals surface area (Å²) in [5.41, 5.74) is 21.2. The fourth-order valence-corrected chi connectivity index (χ4v) is 11.4. The van der Waals surface area contributed by atoms with Crippen LogP contribution >= 0.6 is 0 Å². The first-order valence-corrected chi connectivity index (χ1v) is 24.6. The van der Waals surface area contributed by atoms with Crippen molar-refractivity contribution in [3.8, 4) is 55.6 Å². The third kappa shape index (κ3) is 16.2. The van der Waals surface area contributed by atoms with Crippen LogP contribution in [0.15, 0.2) is 194 Å². The van der Waals surface area contributed by atoms with E-state index in [9.17, 15) is 0 Å². The fourth-order valence-electron chi connectivity index (χ4n) is 11.4. The number of benzene rings is 8. The molecule has 0 aliphatic heterocycles. The maximum Gasteiger partial charge on any atom is 1.00 e. The molecule has 0 heterocycles. The van der Waals surface area contributed by atoms with E-state index in [4.69, 9.17) is 0 Å². The molecule has 3 fully saturated rings. The van der Waals surface area contributed by atoms with Gasteiger partial charge in [-0.1, -0.05) is 126 Å². The number of hydrogen-bond donors (Lipinski definition) is 0. The van der Waals surface area contributed by atoms with Crippen LogP contribution in [0.4, 0.5) is 0 Å². The number of rotatable bonds is 0. The Morgan fingerprint density at radius 1 is 0.158 bits per heavy atom. The van der Waals surface area contributed by atoms with Crippen LogP contribution in [-0.4, -0.2) is 0 Å². The van der Waals surface area contributed by atoms with E-state index < -0.39 is 0 Å². The molecule has 0 aromatic heterocycles. The van der Waals surface area contributed by atoms with Gasteiger partial charge in [0.2, 0.25) is 0 Å². The topological polar surface area (TPSA) is 0 Å². The molecule has 76 heavy (non-hydrogen) atoms. The second-order valence-electron chi connectivity index (χ2n) is 19.2. The minimum Gasteiger partial charge on any atom is -0.813 e. The SMILES string of the molecule is [Os+].[Os+].[Os+].[Os+].[Os+].[Os+].[Os+].[Os].[Os].[SH-].c1cc2ccc1-c1ccc(cc1)[C-]1CC[C-](CC1)c1ccc(cc1)-c1ccc(cc1)-c1ccc(cc1)[C-]1CC[C-](CC1)c1ccc(cc1)-c1ccc(cc1)[C-]1CC[C-](CC1)c1ccc-2cc1. The largest absolute Gasteiger partial charge is 1.00 e. The van der Waals surface area contributed by atoms with Crippen LogP contribution in [0.2, 0.25) is 0 Å². The summed E-state index contributed by atoms with van der Waals surface area (Å²) in [5, 5.41) is 0. The van der Waals surface area contributed by atoms with Crippen molar-refractivity contribution < 1.29 is 178 Å². The van der Waals surface area contributed by atoms with Gasteiger partial charge in [-0.05, 0) is 55.6 Å².